The molecular weight excluding hydrogens is 354 g/mol. The lowest BCUT2D eigenvalue weighted by Gasteiger charge is -2.26. The number of nitrogens with two attached hydrogens (primary N) is 1. The van der Waals surface area contributed by atoms with E-state index >= 15 is 0 Å². The van der Waals surface area contributed by atoms with Crippen molar-refractivity contribution < 1.29 is 4.79 Å². The van der Waals surface area contributed by atoms with Gasteiger partial charge in [-0.15, -0.1) is 11.3 Å². The first-order chi connectivity index (χ1) is 13.0. The van der Waals surface area contributed by atoms with Gasteiger partial charge in [-0.25, -0.2) is 4.98 Å². The Morgan fingerprint density at radius 1 is 1.11 bits per heavy atom. The first kappa shape index (κ1) is 19.3. The number of anilines is 1. The molecule has 5 heteroatoms. The fourth-order valence-electron chi connectivity index (χ4n) is 2.96. The molecule has 2 aromatic carbocycles. The summed E-state index contributed by atoms with van der Waals surface area (Å²) in [5, 5.41) is 3.06. The van der Waals surface area contributed by atoms with Crippen molar-refractivity contribution in [1.29, 1.82) is 0 Å². The lowest BCUT2D eigenvalue weighted by molar-refractivity contribution is -0.120. The predicted octanol–water partition coefficient (Wildman–Crippen LogP) is 4.34. The highest BCUT2D eigenvalue weighted by Gasteiger charge is 2.24. The molecule has 0 radical (unpaired) electrons. The van der Waals surface area contributed by atoms with E-state index in [2.05, 4.69) is 24.9 Å². The molecule has 0 aliphatic carbocycles. The zero-order valence-corrected chi connectivity index (χ0v) is 16.8. The Balaban J connectivity index is 1.88. The van der Waals surface area contributed by atoms with E-state index in [-0.39, 0.29) is 5.91 Å². The summed E-state index contributed by atoms with van der Waals surface area (Å²) >= 11 is 1.63. The van der Waals surface area contributed by atoms with Crippen LogP contribution < -0.4 is 10.6 Å². The largest absolute Gasteiger partial charge is 0.316 e. The van der Waals surface area contributed by atoms with Crippen molar-refractivity contribution in [2.24, 2.45) is 5.73 Å². The quantitative estimate of drug-likeness (QED) is 0.693. The number of thiazole rings is 1. The van der Waals surface area contributed by atoms with Gasteiger partial charge in [0.25, 0.3) is 0 Å². The van der Waals surface area contributed by atoms with Crippen LogP contribution in [0.3, 0.4) is 0 Å². The van der Waals surface area contributed by atoms with Gasteiger partial charge in [0.2, 0.25) is 5.91 Å². The lowest BCUT2D eigenvalue weighted by atomic mass is 10.0. The van der Waals surface area contributed by atoms with Crippen LogP contribution in [0, 0.1) is 20.8 Å². The van der Waals surface area contributed by atoms with Crippen molar-refractivity contribution >= 4 is 22.9 Å². The number of amides is 1. The molecule has 3 aromatic rings. The van der Waals surface area contributed by atoms with Crippen LogP contribution in [0.25, 0.3) is 0 Å². The van der Waals surface area contributed by atoms with Gasteiger partial charge < -0.3 is 10.6 Å². The number of nitrogens with zero attached hydrogens (tertiary/aromatic N) is 2. The van der Waals surface area contributed by atoms with Crippen LogP contribution in [-0.2, 0) is 11.2 Å². The Kier molecular flexibility index (Phi) is 6.04. The SMILES string of the molecule is Cc1csc(CCN(C(=O)C(N)c2ccccc2)c2ccc(C)c(C)c2)n1. The summed E-state index contributed by atoms with van der Waals surface area (Å²) in [6, 6.07) is 14.9. The van der Waals surface area contributed by atoms with Gasteiger partial charge in [0.1, 0.15) is 6.04 Å². The minimum absolute atomic E-state index is 0.0993. The third-order valence-electron chi connectivity index (χ3n) is 4.71. The Bertz CT molecular complexity index is 920. The molecule has 3 rings (SSSR count). The van der Waals surface area contributed by atoms with Crippen molar-refractivity contribution in [3.8, 4) is 0 Å². The van der Waals surface area contributed by atoms with Gasteiger partial charge in [-0.1, -0.05) is 36.4 Å². The first-order valence-electron chi connectivity index (χ1n) is 9.06. The van der Waals surface area contributed by atoms with Gasteiger partial charge in [0.05, 0.1) is 5.01 Å². The van der Waals surface area contributed by atoms with Crippen LogP contribution in [-0.4, -0.2) is 17.4 Å². The van der Waals surface area contributed by atoms with E-state index in [4.69, 9.17) is 5.73 Å². The van der Waals surface area contributed by atoms with E-state index in [1.54, 1.807) is 16.2 Å². The number of hydrogen-bond acceptors (Lipinski definition) is 4. The standard InChI is InChI=1S/C22H25N3OS/c1-15-9-10-19(13-16(15)2)25(12-11-20-24-17(3)14-27-20)22(26)21(23)18-7-5-4-6-8-18/h4-10,13-14,21H,11-12,23H2,1-3H3. The maximum absolute atomic E-state index is 13.3. The second-order valence-electron chi connectivity index (χ2n) is 6.78. The highest BCUT2D eigenvalue weighted by atomic mass is 32.1. The van der Waals surface area contributed by atoms with Crippen LogP contribution >= 0.6 is 11.3 Å². The molecule has 1 amide bonds. The monoisotopic (exact) mass is 379 g/mol. The summed E-state index contributed by atoms with van der Waals surface area (Å²) in [5.74, 6) is -0.0993. The highest BCUT2D eigenvalue weighted by Crippen LogP contribution is 2.23. The van der Waals surface area contributed by atoms with E-state index in [1.807, 2.05) is 54.8 Å². The molecule has 0 aliphatic rings. The van der Waals surface area contributed by atoms with Crippen molar-refractivity contribution in [3.63, 3.8) is 0 Å². The van der Waals surface area contributed by atoms with Crippen molar-refractivity contribution in [3.05, 3.63) is 81.3 Å². The van der Waals surface area contributed by atoms with Gasteiger partial charge in [-0.3, -0.25) is 4.79 Å². The van der Waals surface area contributed by atoms with Crippen LogP contribution in [0.1, 0.15) is 33.4 Å². The highest BCUT2D eigenvalue weighted by molar-refractivity contribution is 7.09. The minimum Gasteiger partial charge on any atom is -0.316 e. The predicted molar refractivity (Wildman–Crippen MR) is 112 cm³/mol. The molecule has 0 spiro atoms. The lowest BCUT2D eigenvalue weighted by Crippen LogP contribution is -2.40. The number of benzene rings is 2. The second kappa shape index (κ2) is 8.46. The zero-order valence-electron chi connectivity index (χ0n) is 16.0. The first-order valence-corrected chi connectivity index (χ1v) is 9.94. The normalized spacial score (nSPS) is 12.0. The van der Waals surface area contributed by atoms with E-state index in [0.29, 0.717) is 13.0 Å². The van der Waals surface area contributed by atoms with Crippen molar-refractivity contribution in [2.45, 2.75) is 33.2 Å². The summed E-state index contributed by atoms with van der Waals surface area (Å²) in [5.41, 5.74) is 11.4. The van der Waals surface area contributed by atoms with E-state index in [0.717, 1.165) is 27.5 Å². The van der Waals surface area contributed by atoms with Crippen LogP contribution in [0.2, 0.25) is 0 Å². The summed E-state index contributed by atoms with van der Waals surface area (Å²) in [6.45, 7) is 6.66. The molecule has 1 heterocycles. The van der Waals surface area contributed by atoms with Gasteiger partial charge in [-0.2, -0.15) is 0 Å². The third-order valence-corrected chi connectivity index (χ3v) is 5.74. The molecule has 1 aromatic heterocycles. The molecule has 140 valence electrons. The average molecular weight is 380 g/mol. The number of aromatic nitrogens is 1. The van der Waals surface area contributed by atoms with E-state index in [1.165, 1.54) is 5.56 Å². The number of carbonyl (C=O) groups excluding carboxylic acids is 1. The summed E-state index contributed by atoms with van der Waals surface area (Å²) < 4.78 is 0. The van der Waals surface area contributed by atoms with E-state index in [9.17, 15) is 4.79 Å². The molecule has 0 bridgehead atoms. The Morgan fingerprint density at radius 3 is 2.48 bits per heavy atom. The van der Waals surface area contributed by atoms with Gasteiger partial charge in [-0.05, 0) is 49.6 Å². The maximum atomic E-state index is 13.3. The number of aryl methyl sites for hydroxylation is 3. The molecule has 2 N–H and O–H groups in total. The van der Waals surface area contributed by atoms with Gasteiger partial charge >= 0.3 is 0 Å². The van der Waals surface area contributed by atoms with Gasteiger partial charge in [0, 0.05) is 29.7 Å². The Hall–Kier alpha value is -2.50. The number of carbonyl (C=O) groups is 1. The van der Waals surface area contributed by atoms with Gasteiger partial charge in [0.15, 0.2) is 0 Å². The van der Waals surface area contributed by atoms with Crippen molar-refractivity contribution in [1.82, 2.24) is 4.98 Å². The molecule has 4 nitrogen and oxygen atoms in total. The van der Waals surface area contributed by atoms with Crippen LogP contribution in [0.4, 0.5) is 5.69 Å². The third kappa shape index (κ3) is 4.62. The Morgan fingerprint density at radius 2 is 1.85 bits per heavy atom. The molecule has 27 heavy (non-hydrogen) atoms. The molecule has 1 atom stereocenters. The smallest absolute Gasteiger partial charge is 0.248 e. The fraction of sp³-hybridized carbons (Fsp3) is 0.273. The maximum Gasteiger partial charge on any atom is 0.248 e. The number of rotatable bonds is 6. The summed E-state index contributed by atoms with van der Waals surface area (Å²) in [4.78, 5) is 19.6. The molecule has 0 saturated heterocycles. The summed E-state index contributed by atoms with van der Waals surface area (Å²) in [7, 11) is 0. The summed E-state index contributed by atoms with van der Waals surface area (Å²) in [6.07, 6.45) is 0.707. The number of hydrogen-bond donors (Lipinski definition) is 1. The Labute approximate surface area is 164 Å². The molecule has 0 aliphatic heterocycles. The molecular formula is C22H25N3OS. The van der Waals surface area contributed by atoms with Crippen LogP contribution in [0.5, 0.6) is 0 Å². The second-order valence-corrected chi connectivity index (χ2v) is 7.72. The topological polar surface area (TPSA) is 59.2 Å². The molecule has 1 unspecified atom stereocenters. The molecule has 0 fully saturated rings. The molecule has 0 saturated carbocycles. The zero-order chi connectivity index (χ0) is 19.4. The fourth-order valence-corrected chi connectivity index (χ4v) is 3.72. The average Bonchev–Trinajstić information content (AvgIpc) is 3.09. The minimum atomic E-state index is -0.689. The van der Waals surface area contributed by atoms with Crippen LogP contribution in [0.15, 0.2) is 53.9 Å². The van der Waals surface area contributed by atoms with Crippen molar-refractivity contribution in [2.75, 3.05) is 11.4 Å². The van der Waals surface area contributed by atoms with E-state index < -0.39 is 6.04 Å².